The summed E-state index contributed by atoms with van der Waals surface area (Å²) >= 11 is 0. The predicted molar refractivity (Wildman–Crippen MR) is 99.9 cm³/mol. The van der Waals surface area contributed by atoms with Crippen LogP contribution in [-0.2, 0) is 6.42 Å². The monoisotopic (exact) mass is 350 g/mol. The summed E-state index contributed by atoms with van der Waals surface area (Å²) in [5.41, 5.74) is 4.66. The molecular formula is C22H23FN2O. The van der Waals surface area contributed by atoms with E-state index < -0.39 is 0 Å². The van der Waals surface area contributed by atoms with Crippen molar-refractivity contribution in [2.75, 3.05) is 19.6 Å². The Bertz CT molecular complexity index is 927. The second-order valence-corrected chi connectivity index (χ2v) is 7.72. The number of hydrogen-bond donors (Lipinski definition) is 0. The van der Waals surface area contributed by atoms with Crippen LogP contribution in [0.15, 0.2) is 47.0 Å². The first-order chi connectivity index (χ1) is 12.8. The van der Waals surface area contributed by atoms with E-state index in [1.807, 2.05) is 0 Å². The van der Waals surface area contributed by atoms with Gasteiger partial charge in [-0.3, -0.25) is 0 Å². The highest BCUT2D eigenvalue weighted by molar-refractivity contribution is 5.79. The molecule has 0 unspecified atom stereocenters. The van der Waals surface area contributed by atoms with E-state index in [-0.39, 0.29) is 5.82 Å². The number of hydrogen-bond acceptors (Lipinski definition) is 3. The molecule has 0 radical (unpaired) electrons. The van der Waals surface area contributed by atoms with Crippen LogP contribution in [0.1, 0.15) is 47.9 Å². The molecule has 4 heteroatoms. The van der Waals surface area contributed by atoms with E-state index in [0.717, 1.165) is 43.6 Å². The fourth-order valence-corrected chi connectivity index (χ4v) is 4.76. The zero-order chi connectivity index (χ0) is 17.5. The van der Waals surface area contributed by atoms with Gasteiger partial charge in [-0.2, -0.15) is 0 Å². The lowest BCUT2D eigenvalue weighted by Crippen LogP contribution is -2.35. The van der Waals surface area contributed by atoms with Crippen molar-refractivity contribution in [3.05, 3.63) is 65.1 Å². The number of likely N-dealkylation sites (tertiary alicyclic amines) is 1. The fraction of sp³-hybridized carbons (Fsp3) is 0.409. The molecule has 1 fully saturated rings. The van der Waals surface area contributed by atoms with Crippen molar-refractivity contribution in [1.82, 2.24) is 10.1 Å². The second kappa shape index (κ2) is 6.51. The van der Waals surface area contributed by atoms with Crippen LogP contribution in [0.5, 0.6) is 0 Å². The van der Waals surface area contributed by atoms with Crippen LogP contribution >= 0.6 is 0 Å². The number of rotatable bonds is 3. The Morgan fingerprint density at radius 2 is 1.92 bits per heavy atom. The zero-order valence-electron chi connectivity index (χ0n) is 14.8. The average molecular weight is 350 g/mol. The minimum atomic E-state index is -0.271. The van der Waals surface area contributed by atoms with Gasteiger partial charge in [-0.05, 0) is 68.0 Å². The summed E-state index contributed by atoms with van der Waals surface area (Å²) in [6, 6.07) is 13.6. The first-order valence-corrected chi connectivity index (χ1v) is 9.63. The maximum atomic E-state index is 13.3. The molecule has 1 aromatic heterocycles. The summed E-state index contributed by atoms with van der Waals surface area (Å²) in [4.78, 5) is 2.60. The van der Waals surface area contributed by atoms with Crippen LogP contribution in [0.25, 0.3) is 11.0 Å². The van der Waals surface area contributed by atoms with Gasteiger partial charge >= 0.3 is 0 Å². The number of benzene rings is 2. The molecule has 2 aromatic carbocycles. The SMILES string of the molecule is Fc1ccc2c(C3CCN(C[C@@H]4CCc5ccccc54)CC3)noc2c1. The summed E-state index contributed by atoms with van der Waals surface area (Å²) in [7, 11) is 0. The van der Waals surface area contributed by atoms with Gasteiger partial charge in [0.05, 0.1) is 5.69 Å². The third-order valence-electron chi connectivity index (χ3n) is 6.17. The number of aryl methyl sites for hydroxylation is 1. The standard InChI is InChI=1S/C22H23FN2O/c23-18-7-8-20-21(13-18)26-24-22(20)16-9-11-25(12-10-16)14-17-6-5-15-3-1-2-4-19(15)17/h1-4,7-8,13,16-17H,5-6,9-12,14H2/t17-/m0/s1. The lowest BCUT2D eigenvalue weighted by atomic mass is 9.90. The Kier molecular flexibility index (Phi) is 4.01. The molecule has 0 N–H and O–H groups in total. The molecule has 3 aromatic rings. The molecule has 26 heavy (non-hydrogen) atoms. The normalized spacial score (nSPS) is 21.3. The van der Waals surface area contributed by atoms with E-state index in [0.29, 0.717) is 17.4 Å². The summed E-state index contributed by atoms with van der Waals surface area (Å²) in [6.07, 6.45) is 4.68. The van der Waals surface area contributed by atoms with Gasteiger partial charge in [0.25, 0.3) is 0 Å². The zero-order valence-corrected chi connectivity index (χ0v) is 14.8. The van der Waals surface area contributed by atoms with E-state index in [1.54, 1.807) is 11.6 Å². The van der Waals surface area contributed by atoms with Crippen LogP contribution in [0.3, 0.4) is 0 Å². The highest BCUT2D eigenvalue weighted by Crippen LogP contribution is 2.36. The smallest absolute Gasteiger partial charge is 0.170 e. The third kappa shape index (κ3) is 2.82. The molecule has 0 bridgehead atoms. The lowest BCUT2D eigenvalue weighted by Gasteiger charge is -2.33. The van der Waals surface area contributed by atoms with Gasteiger partial charge in [0, 0.05) is 23.9 Å². The summed E-state index contributed by atoms with van der Waals surface area (Å²) in [6.45, 7) is 3.35. The van der Waals surface area contributed by atoms with Gasteiger partial charge in [-0.15, -0.1) is 0 Å². The van der Waals surface area contributed by atoms with Gasteiger partial charge in [0.2, 0.25) is 0 Å². The Labute approximate surface area is 152 Å². The molecular weight excluding hydrogens is 327 g/mol. The number of piperidine rings is 1. The third-order valence-corrected chi connectivity index (χ3v) is 6.17. The van der Waals surface area contributed by atoms with E-state index in [1.165, 1.54) is 30.5 Å². The molecule has 1 atom stereocenters. The Balaban J connectivity index is 1.25. The molecule has 0 amide bonds. The van der Waals surface area contributed by atoms with Crippen molar-refractivity contribution >= 4 is 11.0 Å². The van der Waals surface area contributed by atoms with Gasteiger partial charge < -0.3 is 9.42 Å². The minimum Gasteiger partial charge on any atom is -0.356 e. The quantitative estimate of drug-likeness (QED) is 0.674. The van der Waals surface area contributed by atoms with Gasteiger partial charge in [-0.25, -0.2) is 4.39 Å². The molecule has 1 aliphatic heterocycles. The fourth-order valence-electron chi connectivity index (χ4n) is 4.76. The molecule has 134 valence electrons. The topological polar surface area (TPSA) is 29.3 Å². The molecule has 1 aliphatic carbocycles. The maximum absolute atomic E-state index is 13.3. The van der Waals surface area contributed by atoms with Gasteiger partial charge in [0.15, 0.2) is 5.58 Å². The second-order valence-electron chi connectivity index (χ2n) is 7.72. The lowest BCUT2D eigenvalue weighted by molar-refractivity contribution is 0.197. The predicted octanol–water partition coefficient (Wildman–Crippen LogP) is 4.88. The van der Waals surface area contributed by atoms with Crippen LogP contribution in [0.4, 0.5) is 4.39 Å². The van der Waals surface area contributed by atoms with Crippen LogP contribution in [0.2, 0.25) is 0 Å². The van der Waals surface area contributed by atoms with Crippen molar-refractivity contribution in [2.45, 2.75) is 37.5 Å². The van der Waals surface area contributed by atoms with Crippen molar-refractivity contribution in [1.29, 1.82) is 0 Å². The van der Waals surface area contributed by atoms with Gasteiger partial charge in [0.1, 0.15) is 5.82 Å². The largest absolute Gasteiger partial charge is 0.356 e. The molecule has 0 spiro atoms. The first-order valence-electron chi connectivity index (χ1n) is 9.63. The summed E-state index contributed by atoms with van der Waals surface area (Å²) in [5.74, 6) is 0.819. The summed E-state index contributed by atoms with van der Waals surface area (Å²) < 4.78 is 18.7. The summed E-state index contributed by atoms with van der Waals surface area (Å²) in [5, 5.41) is 5.23. The van der Waals surface area contributed by atoms with Crippen molar-refractivity contribution < 1.29 is 8.91 Å². The van der Waals surface area contributed by atoms with Crippen molar-refractivity contribution in [2.24, 2.45) is 0 Å². The molecule has 2 heterocycles. The Morgan fingerprint density at radius 1 is 1.08 bits per heavy atom. The first kappa shape index (κ1) is 16.0. The number of nitrogens with zero attached hydrogens (tertiary/aromatic N) is 2. The molecule has 2 aliphatic rings. The van der Waals surface area contributed by atoms with Crippen LogP contribution in [-0.4, -0.2) is 29.7 Å². The van der Waals surface area contributed by atoms with E-state index >= 15 is 0 Å². The Hall–Kier alpha value is -2.20. The van der Waals surface area contributed by atoms with Gasteiger partial charge in [-0.1, -0.05) is 29.4 Å². The molecule has 5 rings (SSSR count). The maximum Gasteiger partial charge on any atom is 0.170 e. The number of aromatic nitrogens is 1. The Morgan fingerprint density at radius 3 is 2.81 bits per heavy atom. The van der Waals surface area contributed by atoms with E-state index in [4.69, 9.17) is 4.52 Å². The molecule has 0 saturated carbocycles. The highest BCUT2D eigenvalue weighted by Gasteiger charge is 2.28. The molecule has 1 saturated heterocycles. The highest BCUT2D eigenvalue weighted by atomic mass is 19.1. The van der Waals surface area contributed by atoms with Crippen LogP contribution < -0.4 is 0 Å². The molecule has 3 nitrogen and oxygen atoms in total. The van der Waals surface area contributed by atoms with Crippen LogP contribution in [0, 0.1) is 5.82 Å². The number of halogens is 1. The van der Waals surface area contributed by atoms with E-state index in [9.17, 15) is 4.39 Å². The number of fused-ring (bicyclic) bond motifs is 2. The van der Waals surface area contributed by atoms with Crippen molar-refractivity contribution in [3.8, 4) is 0 Å². The van der Waals surface area contributed by atoms with Crippen molar-refractivity contribution in [3.63, 3.8) is 0 Å². The van der Waals surface area contributed by atoms with E-state index in [2.05, 4.69) is 34.3 Å². The minimum absolute atomic E-state index is 0.271. The average Bonchev–Trinajstić information content (AvgIpc) is 3.27.